The van der Waals surface area contributed by atoms with Gasteiger partial charge in [0.25, 0.3) is 0 Å². The summed E-state index contributed by atoms with van der Waals surface area (Å²) >= 11 is 1.73. The van der Waals surface area contributed by atoms with Crippen LogP contribution in [0.1, 0.15) is 11.4 Å². The first kappa shape index (κ1) is 21.4. The van der Waals surface area contributed by atoms with Crippen LogP contribution in [-0.2, 0) is 16.1 Å². The quantitative estimate of drug-likeness (QED) is 0.574. The summed E-state index contributed by atoms with van der Waals surface area (Å²) in [5.74, 6) is 1.09. The molecule has 0 aliphatic carbocycles. The Labute approximate surface area is 201 Å². The van der Waals surface area contributed by atoms with Crippen molar-refractivity contribution in [3.05, 3.63) is 47.5 Å². The van der Waals surface area contributed by atoms with Gasteiger partial charge in [-0.15, -0.1) is 11.3 Å². The minimum atomic E-state index is -0.309. The van der Waals surface area contributed by atoms with Gasteiger partial charge in [-0.25, -0.2) is 4.98 Å². The Morgan fingerprint density at radius 3 is 2.65 bits per heavy atom. The van der Waals surface area contributed by atoms with Crippen LogP contribution in [0.25, 0.3) is 10.2 Å². The number of para-hydroxylation sites is 1. The van der Waals surface area contributed by atoms with Gasteiger partial charge in [0.1, 0.15) is 18.2 Å². The molecule has 9 heteroatoms. The van der Waals surface area contributed by atoms with E-state index in [1.165, 1.54) is 4.70 Å². The molecule has 0 saturated carbocycles. The summed E-state index contributed by atoms with van der Waals surface area (Å²) in [6.45, 7) is 5.22. The molecule has 1 atom stereocenters. The second kappa shape index (κ2) is 8.88. The molecular weight excluding hydrogens is 452 g/mol. The number of hydrogen-bond acceptors (Lipinski definition) is 7. The van der Waals surface area contributed by atoms with Crippen molar-refractivity contribution in [1.29, 1.82) is 0 Å². The van der Waals surface area contributed by atoms with Gasteiger partial charge >= 0.3 is 0 Å². The van der Waals surface area contributed by atoms with Crippen LogP contribution in [0, 0.1) is 5.92 Å². The van der Waals surface area contributed by atoms with Crippen LogP contribution >= 0.6 is 11.3 Å². The Morgan fingerprint density at radius 1 is 1.03 bits per heavy atom. The van der Waals surface area contributed by atoms with Crippen LogP contribution < -0.4 is 14.4 Å². The van der Waals surface area contributed by atoms with Crippen molar-refractivity contribution in [2.45, 2.75) is 13.0 Å². The third-order valence-electron chi connectivity index (χ3n) is 6.69. The van der Waals surface area contributed by atoms with E-state index in [1.807, 2.05) is 41.3 Å². The number of piperazine rings is 1. The fourth-order valence-electron chi connectivity index (χ4n) is 4.89. The van der Waals surface area contributed by atoms with Gasteiger partial charge in [-0.1, -0.05) is 12.1 Å². The Kier molecular flexibility index (Phi) is 5.58. The molecule has 3 aliphatic heterocycles. The lowest BCUT2D eigenvalue weighted by molar-refractivity contribution is -0.137. The summed E-state index contributed by atoms with van der Waals surface area (Å²) in [7, 11) is 0. The number of fused-ring (bicyclic) bond motifs is 2. The Balaban J connectivity index is 1.05. The van der Waals surface area contributed by atoms with Crippen LogP contribution in [0.5, 0.6) is 11.5 Å². The van der Waals surface area contributed by atoms with E-state index >= 15 is 0 Å². The number of nitrogens with zero attached hydrogens (tertiary/aromatic N) is 4. The van der Waals surface area contributed by atoms with Gasteiger partial charge in [0.15, 0.2) is 11.5 Å². The molecule has 0 radical (unpaired) electrons. The number of hydrogen-bond donors (Lipinski definition) is 0. The van der Waals surface area contributed by atoms with E-state index in [0.29, 0.717) is 44.3 Å². The molecule has 8 nitrogen and oxygen atoms in total. The molecule has 2 amide bonds. The van der Waals surface area contributed by atoms with Gasteiger partial charge < -0.3 is 19.3 Å². The zero-order valence-corrected chi connectivity index (χ0v) is 19.6. The van der Waals surface area contributed by atoms with E-state index in [-0.39, 0.29) is 24.2 Å². The number of anilines is 1. The van der Waals surface area contributed by atoms with Gasteiger partial charge in [0.2, 0.25) is 11.8 Å². The summed E-state index contributed by atoms with van der Waals surface area (Å²) in [6, 6.07) is 13.7. The molecule has 2 fully saturated rings. The van der Waals surface area contributed by atoms with E-state index < -0.39 is 0 Å². The predicted molar refractivity (Wildman–Crippen MR) is 129 cm³/mol. The summed E-state index contributed by atoms with van der Waals surface area (Å²) in [5.41, 5.74) is 1.80. The minimum absolute atomic E-state index is 0.0236. The maximum Gasteiger partial charge on any atom is 0.228 e. The third-order valence-corrected chi connectivity index (χ3v) is 7.71. The maximum atomic E-state index is 13.2. The Morgan fingerprint density at radius 2 is 1.82 bits per heavy atom. The van der Waals surface area contributed by atoms with Crippen molar-refractivity contribution in [2.75, 3.05) is 50.8 Å². The van der Waals surface area contributed by atoms with Crippen molar-refractivity contribution in [2.24, 2.45) is 5.92 Å². The minimum Gasteiger partial charge on any atom is -0.486 e. The average molecular weight is 479 g/mol. The molecule has 4 heterocycles. The van der Waals surface area contributed by atoms with E-state index in [0.717, 1.165) is 35.8 Å². The summed E-state index contributed by atoms with van der Waals surface area (Å²) in [6.07, 6.45) is 0.249. The first-order chi connectivity index (χ1) is 16.6. The smallest absolute Gasteiger partial charge is 0.228 e. The fraction of sp³-hybridized carbons (Fsp3) is 0.400. The number of benzene rings is 2. The van der Waals surface area contributed by atoms with Crippen LogP contribution in [0.2, 0.25) is 0 Å². The lowest BCUT2D eigenvalue weighted by atomic mass is 10.1. The molecule has 2 aromatic carbocycles. The van der Waals surface area contributed by atoms with Crippen LogP contribution in [0.15, 0.2) is 42.5 Å². The van der Waals surface area contributed by atoms with Gasteiger partial charge in [-0.2, -0.15) is 0 Å². The summed E-state index contributed by atoms with van der Waals surface area (Å²) in [5, 5.41) is 1.11. The van der Waals surface area contributed by atoms with Crippen LogP contribution in [0.4, 0.5) is 5.69 Å². The van der Waals surface area contributed by atoms with Gasteiger partial charge in [0, 0.05) is 50.9 Å². The molecule has 3 aliphatic rings. The van der Waals surface area contributed by atoms with E-state index in [9.17, 15) is 9.59 Å². The molecule has 176 valence electrons. The van der Waals surface area contributed by atoms with Gasteiger partial charge in [-0.3, -0.25) is 14.5 Å². The highest BCUT2D eigenvalue weighted by Crippen LogP contribution is 2.36. The van der Waals surface area contributed by atoms with Crippen LogP contribution in [-0.4, -0.2) is 72.5 Å². The molecule has 6 rings (SSSR count). The lowest BCUT2D eigenvalue weighted by Gasteiger charge is -2.35. The number of thiazole rings is 1. The Hall–Kier alpha value is -3.17. The number of carbonyl (C=O) groups is 2. The molecule has 0 unspecified atom stereocenters. The normalized spacial score (nSPS) is 20.8. The summed E-state index contributed by atoms with van der Waals surface area (Å²) in [4.78, 5) is 36.6. The van der Waals surface area contributed by atoms with Crippen molar-refractivity contribution in [3.8, 4) is 11.5 Å². The fourth-order valence-corrected chi connectivity index (χ4v) is 5.90. The predicted octanol–water partition coefficient (Wildman–Crippen LogP) is 2.76. The van der Waals surface area contributed by atoms with Crippen molar-refractivity contribution >= 4 is 39.1 Å². The van der Waals surface area contributed by atoms with Gasteiger partial charge in [-0.05, 0) is 24.3 Å². The van der Waals surface area contributed by atoms with Crippen molar-refractivity contribution < 1.29 is 19.1 Å². The molecule has 1 aromatic heterocycles. The number of carbonyl (C=O) groups excluding carboxylic acids is 2. The molecule has 2 saturated heterocycles. The maximum absolute atomic E-state index is 13.2. The molecule has 0 N–H and O–H groups in total. The lowest BCUT2D eigenvalue weighted by Crippen LogP contribution is -2.50. The Bertz CT molecular complexity index is 1200. The molecule has 0 spiro atoms. The highest BCUT2D eigenvalue weighted by molar-refractivity contribution is 7.18. The number of rotatable bonds is 4. The monoisotopic (exact) mass is 478 g/mol. The largest absolute Gasteiger partial charge is 0.486 e. The SMILES string of the molecule is O=C([C@@H]1CC(=O)N(c2ccc3c(c2)OCCO3)C1)N1CCN(Cc2nc3ccccc3s2)CC1. The van der Waals surface area contributed by atoms with Gasteiger partial charge in [0.05, 0.1) is 22.7 Å². The van der Waals surface area contributed by atoms with E-state index in [2.05, 4.69) is 11.0 Å². The average Bonchev–Trinajstić information content (AvgIpc) is 3.46. The number of ether oxygens (including phenoxy) is 2. The van der Waals surface area contributed by atoms with Crippen LogP contribution in [0.3, 0.4) is 0 Å². The first-order valence-electron chi connectivity index (χ1n) is 11.7. The molecular formula is C25H26N4O4S. The third kappa shape index (κ3) is 4.10. The van der Waals surface area contributed by atoms with Crippen molar-refractivity contribution in [3.63, 3.8) is 0 Å². The first-order valence-corrected chi connectivity index (χ1v) is 12.5. The molecule has 34 heavy (non-hydrogen) atoms. The zero-order valence-electron chi connectivity index (χ0n) is 18.8. The molecule has 3 aromatic rings. The van der Waals surface area contributed by atoms with E-state index in [1.54, 1.807) is 16.2 Å². The highest BCUT2D eigenvalue weighted by atomic mass is 32.1. The second-order valence-corrected chi connectivity index (χ2v) is 10.0. The number of amides is 2. The van der Waals surface area contributed by atoms with Crippen molar-refractivity contribution in [1.82, 2.24) is 14.8 Å². The summed E-state index contributed by atoms with van der Waals surface area (Å²) < 4.78 is 12.4. The zero-order chi connectivity index (χ0) is 23.1. The standard InChI is InChI=1S/C25H26N4O4S/c30-24-13-17(15-29(24)18-5-6-20-21(14-18)33-12-11-32-20)25(31)28-9-7-27(8-10-28)16-23-26-19-3-1-2-4-22(19)34-23/h1-6,14,17H,7-13,15-16H2/t17-/m1/s1. The highest BCUT2D eigenvalue weighted by Gasteiger charge is 2.38. The van der Waals surface area contributed by atoms with E-state index in [4.69, 9.17) is 14.5 Å². The topological polar surface area (TPSA) is 75.2 Å². The number of aromatic nitrogens is 1. The second-order valence-electron chi connectivity index (χ2n) is 8.91. The molecule has 0 bridgehead atoms.